The quantitative estimate of drug-likeness (QED) is 0.684. The maximum absolute atomic E-state index is 10.6. The van der Waals surface area contributed by atoms with Gasteiger partial charge in [-0.25, -0.2) is 0 Å². The zero-order valence-corrected chi connectivity index (χ0v) is 14.4. The molecule has 2 N–H and O–H groups in total. The van der Waals surface area contributed by atoms with Crippen LogP contribution >= 0.6 is 0 Å². The first-order chi connectivity index (χ1) is 12.3. The summed E-state index contributed by atoms with van der Waals surface area (Å²) in [6, 6.07) is 9.67. The van der Waals surface area contributed by atoms with E-state index >= 15 is 0 Å². The van der Waals surface area contributed by atoms with Gasteiger partial charge in [-0.05, 0) is 48.3 Å². The van der Waals surface area contributed by atoms with Crippen molar-refractivity contribution in [2.45, 2.75) is 25.7 Å². The molecule has 25 heavy (non-hydrogen) atoms. The zero-order chi connectivity index (χ0) is 17.2. The monoisotopic (exact) mass is 333 g/mol. The van der Waals surface area contributed by atoms with Gasteiger partial charge in [0, 0.05) is 18.1 Å². The standard InChI is InChI=1S/C21H23N3O/c1-22-18-8-4-7-15-10-12-19(21(25)20(15)18)24-23-17-11-9-14-5-2-3-6-16(14)13-17/h4,7-14,16,22,25H,2-3,5-6H2,1H3. The van der Waals surface area contributed by atoms with E-state index in [0.29, 0.717) is 17.5 Å². The normalized spacial score (nSPS) is 22.8. The molecular formula is C21H23N3O. The summed E-state index contributed by atoms with van der Waals surface area (Å²) in [6.45, 7) is 0. The van der Waals surface area contributed by atoms with Gasteiger partial charge in [0.15, 0.2) is 5.75 Å². The number of benzene rings is 2. The van der Waals surface area contributed by atoms with Crippen LogP contribution in [-0.4, -0.2) is 12.2 Å². The summed E-state index contributed by atoms with van der Waals surface area (Å²) in [6.07, 6.45) is 11.7. The van der Waals surface area contributed by atoms with Crippen LogP contribution in [0.1, 0.15) is 25.7 Å². The molecule has 0 heterocycles. The van der Waals surface area contributed by atoms with Crippen LogP contribution in [0.2, 0.25) is 0 Å². The van der Waals surface area contributed by atoms with E-state index in [1.807, 2.05) is 37.4 Å². The third-order valence-electron chi connectivity index (χ3n) is 5.31. The number of rotatable bonds is 3. The third kappa shape index (κ3) is 3.04. The summed E-state index contributed by atoms with van der Waals surface area (Å²) < 4.78 is 0. The second kappa shape index (κ2) is 6.71. The van der Waals surface area contributed by atoms with E-state index in [-0.39, 0.29) is 5.75 Å². The van der Waals surface area contributed by atoms with Gasteiger partial charge in [-0.15, -0.1) is 5.11 Å². The maximum Gasteiger partial charge on any atom is 0.152 e. The van der Waals surface area contributed by atoms with Crippen molar-refractivity contribution in [1.29, 1.82) is 0 Å². The fraction of sp³-hybridized carbons (Fsp3) is 0.333. The van der Waals surface area contributed by atoms with Crippen LogP contribution in [0, 0.1) is 11.8 Å². The van der Waals surface area contributed by atoms with E-state index in [2.05, 4.69) is 33.8 Å². The van der Waals surface area contributed by atoms with Crippen molar-refractivity contribution in [3.05, 3.63) is 54.3 Å². The van der Waals surface area contributed by atoms with E-state index in [0.717, 1.165) is 22.2 Å². The van der Waals surface area contributed by atoms with Crippen molar-refractivity contribution < 1.29 is 5.11 Å². The molecule has 2 aliphatic rings. The molecule has 2 aromatic carbocycles. The highest BCUT2D eigenvalue weighted by Crippen LogP contribution is 2.40. The molecule has 0 aromatic heterocycles. The Hall–Kier alpha value is -2.62. The maximum atomic E-state index is 10.6. The van der Waals surface area contributed by atoms with Crippen molar-refractivity contribution >= 4 is 22.1 Å². The fourth-order valence-electron chi connectivity index (χ4n) is 3.95. The Kier molecular flexibility index (Phi) is 4.26. The zero-order valence-electron chi connectivity index (χ0n) is 14.4. The van der Waals surface area contributed by atoms with Crippen molar-refractivity contribution in [2.24, 2.45) is 22.1 Å². The van der Waals surface area contributed by atoms with Gasteiger partial charge in [-0.1, -0.05) is 43.2 Å². The van der Waals surface area contributed by atoms with E-state index < -0.39 is 0 Å². The molecule has 128 valence electrons. The second-order valence-corrected chi connectivity index (χ2v) is 6.85. The Morgan fingerprint density at radius 3 is 2.72 bits per heavy atom. The molecule has 0 bridgehead atoms. The van der Waals surface area contributed by atoms with Gasteiger partial charge in [0.25, 0.3) is 0 Å². The molecule has 1 saturated carbocycles. The molecule has 2 unspecified atom stereocenters. The van der Waals surface area contributed by atoms with Crippen molar-refractivity contribution in [2.75, 3.05) is 12.4 Å². The lowest BCUT2D eigenvalue weighted by Crippen LogP contribution is -2.17. The Balaban J connectivity index is 1.64. The topological polar surface area (TPSA) is 57.0 Å². The number of fused-ring (bicyclic) bond motifs is 2. The predicted octanol–water partition coefficient (Wildman–Crippen LogP) is 5.93. The molecular weight excluding hydrogens is 310 g/mol. The SMILES string of the molecule is CNc1cccc2ccc(N=NC3=CC4CCCCC4C=C3)c(O)c12. The first-order valence-electron chi connectivity index (χ1n) is 9.00. The Morgan fingerprint density at radius 1 is 1.04 bits per heavy atom. The van der Waals surface area contributed by atoms with E-state index in [9.17, 15) is 5.11 Å². The van der Waals surface area contributed by atoms with Crippen LogP contribution in [0.4, 0.5) is 11.4 Å². The van der Waals surface area contributed by atoms with Crippen LogP contribution in [0.5, 0.6) is 5.75 Å². The van der Waals surface area contributed by atoms with Gasteiger partial charge in [0.2, 0.25) is 0 Å². The highest BCUT2D eigenvalue weighted by molar-refractivity contribution is 6.01. The van der Waals surface area contributed by atoms with Gasteiger partial charge in [-0.2, -0.15) is 5.11 Å². The molecule has 2 aliphatic carbocycles. The lowest BCUT2D eigenvalue weighted by molar-refractivity contribution is 0.333. The first-order valence-corrected chi connectivity index (χ1v) is 9.00. The molecule has 1 fully saturated rings. The number of phenolic OH excluding ortho intramolecular Hbond substituents is 1. The minimum Gasteiger partial charge on any atom is -0.505 e. The number of allylic oxidation sites excluding steroid dienone is 3. The van der Waals surface area contributed by atoms with Gasteiger partial charge in [-0.3, -0.25) is 0 Å². The van der Waals surface area contributed by atoms with Crippen LogP contribution in [0.25, 0.3) is 10.8 Å². The van der Waals surface area contributed by atoms with Crippen molar-refractivity contribution in [1.82, 2.24) is 0 Å². The molecule has 0 aliphatic heterocycles. The van der Waals surface area contributed by atoms with Crippen LogP contribution in [0.3, 0.4) is 0 Å². The summed E-state index contributed by atoms with van der Waals surface area (Å²) >= 11 is 0. The number of hydrogen-bond acceptors (Lipinski definition) is 4. The summed E-state index contributed by atoms with van der Waals surface area (Å²) in [5.41, 5.74) is 2.27. The highest BCUT2D eigenvalue weighted by Gasteiger charge is 2.24. The average molecular weight is 333 g/mol. The van der Waals surface area contributed by atoms with Crippen LogP contribution in [0.15, 0.2) is 64.5 Å². The fourth-order valence-corrected chi connectivity index (χ4v) is 3.95. The number of aromatic hydroxyl groups is 1. The third-order valence-corrected chi connectivity index (χ3v) is 5.31. The lowest BCUT2D eigenvalue weighted by Gasteiger charge is -2.29. The van der Waals surface area contributed by atoms with Crippen molar-refractivity contribution in [3.63, 3.8) is 0 Å². The molecule has 4 rings (SSSR count). The smallest absolute Gasteiger partial charge is 0.152 e. The summed E-state index contributed by atoms with van der Waals surface area (Å²) in [7, 11) is 1.85. The van der Waals surface area contributed by atoms with Crippen LogP contribution < -0.4 is 5.32 Å². The van der Waals surface area contributed by atoms with Gasteiger partial charge < -0.3 is 10.4 Å². The van der Waals surface area contributed by atoms with E-state index in [1.165, 1.54) is 25.7 Å². The number of phenols is 1. The first kappa shape index (κ1) is 15.9. The molecule has 4 heteroatoms. The molecule has 2 aromatic rings. The molecule has 0 amide bonds. The largest absolute Gasteiger partial charge is 0.505 e. The number of nitrogens with zero attached hydrogens (tertiary/aromatic N) is 2. The number of anilines is 1. The Bertz CT molecular complexity index is 882. The predicted molar refractivity (Wildman–Crippen MR) is 102 cm³/mol. The molecule has 0 radical (unpaired) electrons. The van der Waals surface area contributed by atoms with E-state index in [4.69, 9.17) is 0 Å². The summed E-state index contributed by atoms with van der Waals surface area (Å²) in [5, 5.41) is 24.2. The number of azo groups is 1. The molecule has 0 spiro atoms. The van der Waals surface area contributed by atoms with Gasteiger partial charge in [0.1, 0.15) is 5.69 Å². The molecule has 4 nitrogen and oxygen atoms in total. The summed E-state index contributed by atoms with van der Waals surface area (Å²) in [5.74, 6) is 1.43. The second-order valence-electron chi connectivity index (χ2n) is 6.85. The number of hydrogen-bond donors (Lipinski definition) is 2. The Labute approximate surface area is 148 Å². The van der Waals surface area contributed by atoms with Gasteiger partial charge in [0.05, 0.1) is 5.70 Å². The Morgan fingerprint density at radius 2 is 1.88 bits per heavy atom. The minimum absolute atomic E-state index is 0.169. The van der Waals surface area contributed by atoms with Crippen LogP contribution in [-0.2, 0) is 0 Å². The van der Waals surface area contributed by atoms with Crippen molar-refractivity contribution in [3.8, 4) is 5.75 Å². The molecule has 0 saturated heterocycles. The summed E-state index contributed by atoms with van der Waals surface area (Å²) in [4.78, 5) is 0. The highest BCUT2D eigenvalue weighted by atomic mass is 16.3. The number of nitrogens with one attached hydrogen (secondary N) is 1. The lowest BCUT2D eigenvalue weighted by atomic mass is 9.77. The van der Waals surface area contributed by atoms with Gasteiger partial charge >= 0.3 is 0 Å². The molecule has 2 atom stereocenters. The van der Waals surface area contributed by atoms with E-state index in [1.54, 1.807) is 0 Å². The average Bonchev–Trinajstić information content (AvgIpc) is 2.67. The minimum atomic E-state index is 0.169.